The van der Waals surface area contributed by atoms with Crippen LogP contribution in [0.4, 0.5) is 23.2 Å². The van der Waals surface area contributed by atoms with Crippen molar-refractivity contribution in [3.05, 3.63) is 83.2 Å². The Morgan fingerprint density at radius 1 is 1.06 bits per heavy atom. The maximum absolute atomic E-state index is 13.0. The number of nitrogens with one attached hydrogen (secondary N) is 2. The quantitative estimate of drug-likeness (QED) is 0.425. The highest BCUT2D eigenvalue weighted by Crippen LogP contribution is 2.32. The molecular formula is C25H22F4N4O2. The van der Waals surface area contributed by atoms with Gasteiger partial charge >= 0.3 is 6.18 Å². The van der Waals surface area contributed by atoms with Crippen LogP contribution in [0.2, 0.25) is 0 Å². The van der Waals surface area contributed by atoms with E-state index in [4.69, 9.17) is 4.74 Å². The van der Waals surface area contributed by atoms with E-state index in [1.165, 1.54) is 6.07 Å². The predicted molar refractivity (Wildman–Crippen MR) is 123 cm³/mol. The summed E-state index contributed by atoms with van der Waals surface area (Å²) in [6.45, 7) is 0.397. The molecule has 1 amide bonds. The molecule has 0 unspecified atom stereocenters. The molecule has 2 N–H and O–H groups in total. The lowest BCUT2D eigenvalue weighted by molar-refractivity contribution is -0.137. The molecule has 0 fully saturated rings. The van der Waals surface area contributed by atoms with Crippen molar-refractivity contribution in [3.8, 4) is 11.5 Å². The normalized spacial score (nSPS) is 13.2. The van der Waals surface area contributed by atoms with Crippen LogP contribution >= 0.6 is 0 Å². The number of aliphatic imine (C=N–C) groups is 1. The maximum atomic E-state index is 13.0. The van der Waals surface area contributed by atoms with E-state index in [0.29, 0.717) is 30.2 Å². The van der Waals surface area contributed by atoms with Crippen molar-refractivity contribution >= 4 is 17.4 Å². The van der Waals surface area contributed by atoms with Crippen LogP contribution in [-0.2, 0) is 24.1 Å². The van der Waals surface area contributed by atoms with Crippen molar-refractivity contribution in [2.75, 3.05) is 18.4 Å². The Labute approximate surface area is 199 Å². The number of anilines is 1. The zero-order valence-corrected chi connectivity index (χ0v) is 18.5. The number of hydrogen-bond acceptors (Lipinski definition) is 5. The van der Waals surface area contributed by atoms with Crippen LogP contribution in [0.5, 0.6) is 11.5 Å². The first-order chi connectivity index (χ1) is 16.8. The molecule has 2 aromatic carbocycles. The molecule has 1 aliphatic heterocycles. The zero-order valence-electron chi connectivity index (χ0n) is 18.5. The van der Waals surface area contributed by atoms with Crippen molar-refractivity contribution in [1.82, 2.24) is 10.3 Å². The van der Waals surface area contributed by atoms with Crippen molar-refractivity contribution in [2.24, 2.45) is 4.99 Å². The minimum Gasteiger partial charge on any atom is -0.457 e. The second-order valence-corrected chi connectivity index (χ2v) is 7.88. The minimum absolute atomic E-state index is 0.0234. The molecule has 0 bridgehead atoms. The molecule has 0 aliphatic carbocycles. The number of rotatable bonds is 8. The number of alkyl halides is 4. The Bertz CT molecular complexity index is 1240. The highest BCUT2D eigenvalue weighted by Gasteiger charge is 2.31. The van der Waals surface area contributed by atoms with Gasteiger partial charge in [-0.15, -0.1) is 0 Å². The number of aromatic nitrogens is 1. The van der Waals surface area contributed by atoms with Crippen LogP contribution in [0.15, 0.2) is 65.8 Å². The lowest BCUT2D eigenvalue weighted by Gasteiger charge is -2.12. The van der Waals surface area contributed by atoms with E-state index in [-0.39, 0.29) is 17.7 Å². The van der Waals surface area contributed by atoms with E-state index in [9.17, 15) is 22.4 Å². The second-order valence-electron chi connectivity index (χ2n) is 7.88. The van der Waals surface area contributed by atoms with Gasteiger partial charge in [0.05, 0.1) is 12.1 Å². The monoisotopic (exact) mass is 486 g/mol. The number of aryl methyl sites for hydroxylation is 1. The van der Waals surface area contributed by atoms with Crippen molar-refractivity contribution in [2.45, 2.75) is 25.7 Å². The number of carbonyl (C=O) groups is 1. The summed E-state index contributed by atoms with van der Waals surface area (Å²) in [6.07, 6.45) is -2.65. The molecule has 1 aromatic heterocycles. The van der Waals surface area contributed by atoms with Gasteiger partial charge in [0.1, 0.15) is 29.7 Å². The Balaban J connectivity index is 1.37. The molecule has 4 rings (SSSR count). The number of benzene rings is 2. The van der Waals surface area contributed by atoms with E-state index in [2.05, 4.69) is 20.6 Å². The van der Waals surface area contributed by atoms with Gasteiger partial charge in [0.15, 0.2) is 0 Å². The molecule has 10 heteroatoms. The Hall–Kier alpha value is -3.95. The van der Waals surface area contributed by atoms with Crippen LogP contribution in [0.3, 0.4) is 0 Å². The standard InChI is InChI=1S/C25H22F4N4O2/c26-15-17-10-18(25(27,28)29)13-19(11-17)33-23(34)5-4-16-2-1-3-20(12-16)35-21-6-7-30-22(14-21)24-31-8-9-32-24/h1-3,6-7,10-14H,4-5,8-9,15H2,(H,31,32)(H,33,34). The van der Waals surface area contributed by atoms with E-state index in [1.807, 2.05) is 6.07 Å². The van der Waals surface area contributed by atoms with Crippen molar-refractivity contribution in [3.63, 3.8) is 0 Å². The molecule has 6 nitrogen and oxygen atoms in total. The smallest absolute Gasteiger partial charge is 0.416 e. The summed E-state index contributed by atoms with van der Waals surface area (Å²) in [5, 5.41) is 5.58. The van der Waals surface area contributed by atoms with E-state index in [1.54, 1.807) is 36.5 Å². The summed E-state index contributed by atoms with van der Waals surface area (Å²) in [4.78, 5) is 21.0. The van der Waals surface area contributed by atoms with Crippen LogP contribution in [0, 0.1) is 0 Å². The van der Waals surface area contributed by atoms with Gasteiger partial charge in [0.2, 0.25) is 5.91 Å². The number of nitrogens with zero attached hydrogens (tertiary/aromatic N) is 2. The van der Waals surface area contributed by atoms with Gasteiger partial charge in [0, 0.05) is 30.9 Å². The van der Waals surface area contributed by atoms with E-state index in [0.717, 1.165) is 30.1 Å². The topological polar surface area (TPSA) is 75.6 Å². The average molecular weight is 486 g/mol. The summed E-state index contributed by atoms with van der Waals surface area (Å²) in [7, 11) is 0. The number of amides is 1. The molecule has 3 aromatic rings. The molecule has 0 radical (unpaired) electrons. The van der Waals surface area contributed by atoms with Crippen LogP contribution in [0.25, 0.3) is 0 Å². The van der Waals surface area contributed by atoms with Gasteiger partial charge in [-0.05, 0) is 53.9 Å². The highest BCUT2D eigenvalue weighted by atomic mass is 19.4. The van der Waals surface area contributed by atoms with Gasteiger partial charge in [0.25, 0.3) is 0 Å². The summed E-state index contributed by atoms with van der Waals surface area (Å²) < 4.78 is 58.0. The molecule has 0 saturated heterocycles. The Morgan fingerprint density at radius 2 is 1.89 bits per heavy atom. The van der Waals surface area contributed by atoms with Crippen LogP contribution in [-0.4, -0.2) is 29.8 Å². The third kappa shape index (κ3) is 6.56. The third-order valence-electron chi connectivity index (χ3n) is 5.18. The summed E-state index contributed by atoms with van der Waals surface area (Å²) in [5.41, 5.74) is 0.225. The Morgan fingerprint density at radius 3 is 2.63 bits per heavy atom. The fourth-order valence-corrected chi connectivity index (χ4v) is 3.56. The van der Waals surface area contributed by atoms with Crippen LogP contribution in [0.1, 0.15) is 28.8 Å². The number of amidine groups is 1. The first-order valence-corrected chi connectivity index (χ1v) is 10.9. The fraction of sp³-hybridized carbons (Fsp3) is 0.240. The number of carbonyl (C=O) groups excluding carboxylic acids is 1. The lowest BCUT2D eigenvalue weighted by atomic mass is 10.1. The third-order valence-corrected chi connectivity index (χ3v) is 5.18. The van der Waals surface area contributed by atoms with Crippen molar-refractivity contribution < 1.29 is 27.1 Å². The summed E-state index contributed by atoms with van der Waals surface area (Å²) >= 11 is 0. The minimum atomic E-state index is -4.64. The average Bonchev–Trinajstić information content (AvgIpc) is 3.38. The van der Waals surface area contributed by atoms with E-state index >= 15 is 0 Å². The van der Waals surface area contributed by atoms with Crippen molar-refractivity contribution in [1.29, 1.82) is 0 Å². The van der Waals surface area contributed by atoms with Gasteiger partial charge in [-0.2, -0.15) is 13.2 Å². The van der Waals surface area contributed by atoms with Gasteiger partial charge in [-0.1, -0.05) is 12.1 Å². The van der Waals surface area contributed by atoms with Crippen LogP contribution < -0.4 is 15.4 Å². The van der Waals surface area contributed by atoms with Gasteiger partial charge in [-0.3, -0.25) is 14.8 Å². The zero-order chi connectivity index (χ0) is 24.8. The molecule has 35 heavy (non-hydrogen) atoms. The molecule has 1 aliphatic rings. The summed E-state index contributed by atoms with van der Waals surface area (Å²) in [6, 6.07) is 13.4. The molecular weight excluding hydrogens is 464 g/mol. The fourth-order valence-electron chi connectivity index (χ4n) is 3.56. The predicted octanol–water partition coefficient (Wildman–Crippen LogP) is 5.28. The van der Waals surface area contributed by atoms with Gasteiger partial charge in [-0.25, -0.2) is 4.39 Å². The number of hydrogen-bond donors (Lipinski definition) is 2. The molecule has 0 saturated carbocycles. The lowest BCUT2D eigenvalue weighted by Crippen LogP contribution is -2.20. The first kappa shape index (κ1) is 24.2. The molecule has 182 valence electrons. The highest BCUT2D eigenvalue weighted by molar-refractivity contribution is 5.98. The number of ether oxygens (including phenoxy) is 1. The first-order valence-electron chi connectivity index (χ1n) is 10.9. The maximum Gasteiger partial charge on any atom is 0.416 e. The summed E-state index contributed by atoms with van der Waals surface area (Å²) in [5.74, 6) is 1.38. The molecule has 2 heterocycles. The van der Waals surface area contributed by atoms with E-state index < -0.39 is 24.3 Å². The Kier molecular flexibility index (Phi) is 7.28. The number of halogens is 4. The molecule has 0 spiro atoms. The number of pyridine rings is 1. The molecule has 0 atom stereocenters. The second kappa shape index (κ2) is 10.5. The largest absolute Gasteiger partial charge is 0.457 e. The SMILES string of the molecule is O=C(CCc1cccc(Oc2ccnc(C3=NCCN3)c2)c1)Nc1cc(CF)cc(C(F)(F)F)c1. The van der Waals surface area contributed by atoms with Gasteiger partial charge < -0.3 is 15.4 Å².